The van der Waals surface area contributed by atoms with Crippen LogP contribution in [0.25, 0.3) is 0 Å². The molecule has 5 rings (SSSR count). The Balaban J connectivity index is 0.00000769. The van der Waals surface area contributed by atoms with Gasteiger partial charge < -0.3 is 36.8 Å². The van der Waals surface area contributed by atoms with Crippen molar-refractivity contribution in [1.29, 1.82) is 0 Å². The van der Waals surface area contributed by atoms with E-state index >= 15 is 4.79 Å². The second-order valence-corrected chi connectivity index (χ2v) is 26.4. The third-order valence-corrected chi connectivity index (χ3v) is 20.4. The van der Waals surface area contributed by atoms with Crippen molar-refractivity contribution in [2.24, 2.45) is 5.41 Å². The van der Waals surface area contributed by atoms with Crippen LogP contribution in [0, 0.1) is 5.41 Å². The van der Waals surface area contributed by atoms with Gasteiger partial charge in [-0.05, 0) is 78.4 Å². The highest BCUT2D eigenvalue weighted by atomic mass is 79.9. The Morgan fingerprint density at radius 1 is 0.610 bits per heavy atom. The minimum absolute atomic E-state index is 0. The molecule has 0 aliphatic rings. The van der Waals surface area contributed by atoms with Crippen LogP contribution < -0.4 is 48.6 Å². The predicted octanol–water partition coefficient (Wildman–Crippen LogP) is 6.25. The Bertz CT molecular complexity index is 1970. The lowest BCUT2D eigenvalue weighted by molar-refractivity contribution is -0.126. The van der Waals surface area contributed by atoms with Gasteiger partial charge in [0.05, 0.1) is 42.3 Å². The molecule has 59 heavy (non-hydrogen) atoms. The van der Waals surface area contributed by atoms with Crippen LogP contribution in [0.1, 0.15) is 74.8 Å². The first-order chi connectivity index (χ1) is 27.4. The summed E-state index contributed by atoms with van der Waals surface area (Å²) in [7, 11) is -5.44. The molecule has 6 nitrogen and oxygen atoms in total. The van der Waals surface area contributed by atoms with Gasteiger partial charge in [-0.15, -0.1) is 0 Å². The van der Waals surface area contributed by atoms with Crippen molar-refractivity contribution in [2.45, 2.75) is 104 Å². The van der Waals surface area contributed by atoms with Crippen LogP contribution in [0.2, 0.25) is 5.04 Å². The standard InChI is InChI=1S/C50H63N2O4PSi.BrH/c1-38(56-58(50(8,9)10,42-32-22-14-23-33-42)43-34-24-15-25-35-43)44(51-46(53)45(48(2,3)4)52-47(54)55-49(5,6)7)37-57(40-28-18-12-19-29-40,41-30-20-13-21-31-41)36-39-26-16-11-17-27-39;/h11-35,38,44-45H,36-37H2,1-10H3,(H-,51,52,53,54);1H/t38?,44-,45?;/m1./s1. The highest BCUT2D eigenvalue weighted by molar-refractivity contribution is 7.88. The third-order valence-electron chi connectivity index (χ3n) is 10.8. The van der Waals surface area contributed by atoms with E-state index in [2.05, 4.69) is 190 Å². The number of halogens is 1. The van der Waals surface area contributed by atoms with Crippen LogP contribution in [-0.4, -0.2) is 50.3 Å². The maximum absolute atomic E-state index is 15.0. The first-order valence-corrected chi connectivity index (χ1v) is 24.5. The van der Waals surface area contributed by atoms with E-state index in [1.807, 2.05) is 41.5 Å². The van der Waals surface area contributed by atoms with Gasteiger partial charge in [-0.2, -0.15) is 0 Å². The van der Waals surface area contributed by atoms with E-state index in [-0.39, 0.29) is 27.9 Å². The molecule has 2 unspecified atom stereocenters. The molecule has 0 spiro atoms. The van der Waals surface area contributed by atoms with Gasteiger partial charge in [0.2, 0.25) is 5.91 Å². The first kappa shape index (κ1) is 47.6. The molecule has 0 fully saturated rings. The molecule has 2 amide bonds. The van der Waals surface area contributed by atoms with Crippen molar-refractivity contribution in [3.05, 3.63) is 157 Å². The van der Waals surface area contributed by atoms with E-state index in [1.54, 1.807) is 0 Å². The van der Waals surface area contributed by atoms with Gasteiger partial charge in [-0.25, -0.2) is 4.79 Å². The lowest BCUT2D eigenvalue weighted by Gasteiger charge is -2.46. The van der Waals surface area contributed by atoms with Crippen LogP contribution in [-0.2, 0) is 20.1 Å². The van der Waals surface area contributed by atoms with Gasteiger partial charge in [0, 0.05) is 0 Å². The van der Waals surface area contributed by atoms with Crippen molar-refractivity contribution in [3.63, 3.8) is 0 Å². The molecule has 9 heteroatoms. The summed E-state index contributed by atoms with van der Waals surface area (Å²) in [5.74, 6) is -0.278. The van der Waals surface area contributed by atoms with Gasteiger partial charge in [0.15, 0.2) is 0 Å². The fourth-order valence-electron chi connectivity index (χ4n) is 8.00. The zero-order chi connectivity index (χ0) is 42.2. The molecule has 0 aliphatic heterocycles. The number of amides is 2. The van der Waals surface area contributed by atoms with Crippen molar-refractivity contribution >= 4 is 48.6 Å². The average molecular weight is 896 g/mol. The number of carbonyl (C=O) groups excluding carboxylic acids is 2. The number of ether oxygens (including phenoxy) is 1. The molecule has 0 heterocycles. The summed E-state index contributed by atoms with van der Waals surface area (Å²) in [6.45, 7) is 20.3. The molecule has 0 aromatic heterocycles. The number of carbonyl (C=O) groups is 2. The van der Waals surface area contributed by atoms with Crippen molar-refractivity contribution < 1.29 is 35.7 Å². The minimum atomic E-state index is -3.08. The molecular weight excluding hydrogens is 832 g/mol. The van der Waals surface area contributed by atoms with Crippen LogP contribution in [0.4, 0.5) is 4.79 Å². The molecule has 5 aromatic rings. The third kappa shape index (κ3) is 11.8. The van der Waals surface area contributed by atoms with Gasteiger partial charge in [0.1, 0.15) is 11.6 Å². The molecule has 5 aromatic carbocycles. The Kier molecular flexibility index (Phi) is 16.1. The summed E-state index contributed by atoms with van der Waals surface area (Å²) in [5.41, 5.74) is -0.132. The molecule has 314 valence electrons. The summed E-state index contributed by atoms with van der Waals surface area (Å²) in [5, 5.41) is 11.1. The highest BCUT2D eigenvalue weighted by Crippen LogP contribution is 2.60. The second-order valence-electron chi connectivity index (χ2n) is 18.5. The summed E-state index contributed by atoms with van der Waals surface area (Å²) in [6.07, 6.45) is 0.318. The number of rotatable bonds is 14. The fraction of sp³-hybridized carbons (Fsp3) is 0.360. The normalized spacial score (nSPS) is 13.9. The molecule has 0 bridgehead atoms. The average Bonchev–Trinajstić information content (AvgIpc) is 3.18. The molecule has 2 N–H and O–H groups in total. The number of benzene rings is 5. The van der Waals surface area contributed by atoms with E-state index in [1.165, 1.54) is 26.5 Å². The quantitative estimate of drug-likeness (QED) is 0.102. The Hall–Kier alpha value is -4.07. The summed E-state index contributed by atoms with van der Waals surface area (Å²) in [6, 6.07) is 52.2. The minimum Gasteiger partial charge on any atom is -1.00 e. The first-order valence-electron chi connectivity index (χ1n) is 20.5. The second kappa shape index (κ2) is 20.0. The van der Waals surface area contributed by atoms with E-state index in [4.69, 9.17) is 9.16 Å². The van der Waals surface area contributed by atoms with E-state index in [0.29, 0.717) is 6.16 Å². The topological polar surface area (TPSA) is 76.7 Å². The number of alkyl carbamates (subject to hydrolysis) is 1. The van der Waals surface area contributed by atoms with Gasteiger partial charge in [0.25, 0.3) is 8.32 Å². The molecule has 0 saturated heterocycles. The SMILES string of the molecule is CC(O[Si](c1ccccc1)(c1ccccc1)C(C)(C)C)[C@@H](C[P+](Cc1ccccc1)(c1ccccc1)c1ccccc1)NC(=O)C(NC(=O)OC(C)(C)C)C(C)(C)C.[Br-]. The van der Waals surface area contributed by atoms with Gasteiger partial charge in [-0.1, -0.05) is 169 Å². The Morgan fingerprint density at radius 2 is 1.02 bits per heavy atom. The molecule has 0 radical (unpaired) electrons. The van der Waals surface area contributed by atoms with Crippen molar-refractivity contribution in [2.75, 3.05) is 6.16 Å². The largest absolute Gasteiger partial charge is 1.00 e. The molecule has 0 saturated carbocycles. The highest BCUT2D eigenvalue weighted by Gasteiger charge is 2.54. The summed E-state index contributed by atoms with van der Waals surface area (Å²) < 4.78 is 13.5. The Morgan fingerprint density at radius 3 is 1.41 bits per heavy atom. The fourth-order valence-corrected chi connectivity index (χ4v) is 17.3. The number of hydrogen-bond donors (Lipinski definition) is 2. The Labute approximate surface area is 366 Å². The van der Waals surface area contributed by atoms with Gasteiger partial charge in [-0.3, -0.25) is 4.79 Å². The van der Waals surface area contributed by atoms with Crippen LogP contribution in [0.3, 0.4) is 0 Å². The zero-order valence-corrected chi connectivity index (χ0v) is 40.0. The lowest BCUT2D eigenvalue weighted by atomic mass is 9.86. The predicted molar refractivity (Wildman–Crippen MR) is 247 cm³/mol. The lowest BCUT2D eigenvalue weighted by Crippen LogP contribution is -3.00. The number of nitrogens with one attached hydrogen (secondary N) is 2. The monoisotopic (exact) mass is 894 g/mol. The van der Waals surface area contributed by atoms with Crippen molar-refractivity contribution in [1.82, 2.24) is 10.6 Å². The summed E-state index contributed by atoms with van der Waals surface area (Å²) in [4.78, 5) is 28.3. The van der Waals surface area contributed by atoms with E-state index in [0.717, 1.165) is 6.16 Å². The number of hydrogen-bond acceptors (Lipinski definition) is 4. The van der Waals surface area contributed by atoms with E-state index in [9.17, 15) is 4.79 Å². The summed E-state index contributed by atoms with van der Waals surface area (Å²) >= 11 is 0. The van der Waals surface area contributed by atoms with Crippen LogP contribution >= 0.6 is 7.26 Å². The van der Waals surface area contributed by atoms with Crippen LogP contribution in [0.15, 0.2) is 152 Å². The smallest absolute Gasteiger partial charge is 0.408 e. The maximum Gasteiger partial charge on any atom is 0.408 e. The molecular formula is C50H64BrN2O4PSi. The van der Waals surface area contributed by atoms with E-state index < -0.39 is 50.9 Å². The zero-order valence-electron chi connectivity index (χ0n) is 36.5. The molecule has 0 aliphatic carbocycles. The maximum atomic E-state index is 15.0. The van der Waals surface area contributed by atoms with Crippen molar-refractivity contribution in [3.8, 4) is 0 Å². The molecule has 3 atom stereocenters. The van der Waals surface area contributed by atoms with Crippen LogP contribution in [0.5, 0.6) is 0 Å². The van der Waals surface area contributed by atoms with Gasteiger partial charge >= 0.3 is 6.09 Å².